The smallest absolute Gasteiger partial charge is 0.0184 e. The van der Waals surface area contributed by atoms with E-state index in [9.17, 15) is 0 Å². The molecule has 1 N–H and O–H groups in total. The van der Waals surface area contributed by atoms with Crippen molar-refractivity contribution in [1.82, 2.24) is 5.32 Å². The molecule has 90 valence electrons. The van der Waals surface area contributed by atoms with Gasteiger partial charge in [-0.1, -0.05) is 44.2 Å². The Kier molecular flexibility index (Phi) is 7.35. The van der Waals surface area contributed by atoms with E-state index in [-0.39, 0.29) is 0 Å². The molecule has 1 aromatic carbocycles. The van der Waals surface area contributed by atoms with Crippen LogP contribution in [0.4, 0.5) is 0 Å². The number of benzene rings is 1. The van der Waals surface area contributed by atoms with Gasteiger partial charge >= 0.3 is 0 Å². The van der Waals surface area contributed by atoms with Crippen LogP contribution in [0.15, 0.2) is 30.3 Å². The van der Waals surface area contributed by atoms with Gasteiger partial charge in [0.1, 0.15) is 0 Å². The Bertz CT molecular complexity index is 259. The van der Waals surface area contributed by atoms with Gasteiger partial charge in [-0.05, 0) is 36.7 Å². The number of nitrogens with one attached hydrogen (secondary N) is 1. The summed E-state index contributed by atoms with van der Waals surface area (Å²) in [6.07, 6.45) is 1.27. The van der Waals surface area contributed by atoms with Crippen LogP contribution in [0.1, 0.15) is 25.8 Å². The van der Waals surface area contributed by atoms with E-state index in [1.165, 1.54) is 17.7 Å². The molecule has 0 fully saturated rings. The summed E-state index contributed by atoms with van der Waals surface area (Å²) >= 11 is 2.03. The highest BCUT2D eigenvalue weighted by molar-refractivity contribution is 7.98. The molecule has 0 unspecified atom stereocenters. The molecular formula is C14H23NS. The first-order valence-corrected chi connectivity index (χ1v) is 7.27. The third-order valence-electron chi connectivity index (χ3n) is 2.31. The fraction of sp³-hybridized carbons (Fsp3) is 0.571. The van der Waals surface area contributed by atoms with Crippen molar-refractivity contribution in [2.75, 3.05) is 18.8 Å². The van der Waals surface area contributed by atoms with Gasteiger partial charge in [-0.15, -0.1) is 0 Å². The van der Waals surface area contributed by atoms with Gasteiger partial charge in [0.05, 0.1) is 0 Å². The van der Waals surface area contributed by atoms with E-state index in [0.29, 0.717) is 0 Å². The lowest BCUT2D eigenvalue weighted by atomic mass is 10.2. The van der Waals surface area contributed by atoms with Crippen LogP contribution in [0, 0.1) is 5.92 Å². The van der Waals surface area contributed by atoms with Crippen LogP contribution < -0.4 is 5.32 Å². The third-order valence-corrected chi connectivity index (χ3v) is 3.42. The quantitative estimate of drug-likeness (QED) is 0.694. The van der Waals surface area contributed by atoms with Gasteiger partial charge in [0.15, 0.2) is 0 Å². The van der Waals surface area contributed by atoms with Crippen molar-refractivity contribution in [3.8, 4) is 0 Å². The average molecular weight is 237 g/mol. The van der Waals surface area contributed by atoms with Crippen molar-refractivity contribution < 1.29 is 0 Å². The second-order valence-electron chi connectivity index (χ2n) is 4.49. The normalized spacial score (nSPS) is 10.9. The van der Waals surface area contributed by atoms with Crippen molar-refractivity contribution >= 4 is 11.8 Å². The first-order valence-electron chi connectivity index (χ1n) is 6.11. The first kappa shape index (κ1) is 13.6. The molecule has 0 atom stereocenters. The highest BCUT2D eigenvalue weighted by Gasteiger charge is 1.94. The fourth-order valence-electron chi connectivity index (χ4n) is 1.45. The van der Waals surface area contributed by atoms with Gasteiger partial charge in [-0.3, -0.25) is 0 Å². The SMILES string of the molecule is CC(C)CNCCCSCc1ccccc1. The lowest BCUT2D eigenvalue weighted by molar-refractivity contribution is 0.552. The van der Waals surface area contributed by atoms with Crippen LogP contribution in [0.25, 0.3) is 0 Å². The molecule has 0 bridgehead atoms. The minimum atomic E-state index is 0.761. The van der Waals surface area contributed by atoms with E-state index in [1.54, 1.807) is 0 Å². The van der Waals surface area contributed by atoms with Crippen molar-refractivity contribution in [2.24, 2.45) is 5.92 Å². The highest BCUT2D eigenvalue weighted by Crippen LogP contribution is 2.12. The number of rotatable bonds is 8. The Hall–Kier alpha value is -0.470. The summed E-state index contributed by atoms with van der Waals surface area (Å²) in [5, 5.41) is 3.47. The molecule has 0 heterocycles. The second-order valence-corrected chi connectivity index (χ2v) is 5.59. The van der Waals surface area contributed by atoms with E-state index in [0.717, 1.165) is 24.8 Å². The van der Waals surface area contributed by atoms with Gasteiger partial charge in [-0.25, -0.2) is 0 Å². The van der Waals surface area contributed by atoms with Crippen molar-refractivity contribution in [1.29, 1.82) is 0 Å². The molecule has 2 heteroatoms. The van der Waals surface area contributed by atoms with Crippen molar-refractivity contribution in [2.45, 2.75) is 26.0 Å². The Morgan fingerprint density at radius 1 is 1.19 bits per heavy atom. The molecule has 0 amide bonds. The van der Waals surface area contributed by atoms with Crippen LogP contribution in [0.5, 0.6) is 0 Å². The van der Waals surface area contributed by atoms with E-state index >= 15 is 0 Å². The molecule has 0 aliphatic rings. The van der Waals surface area contributed by atoms with Crippen molar-refractivity contribution in [3.63, 3.8) is 0 Å². The monoisotopic (exact) mass is 237 g/mol. The number of thioether (sulfide) groups is 1. The van der Waals surface area contributed by atoms with Gasteiger partial charge in [0, 0.05) is 5.75 Å². The molecule has 1 rings (SSSR count). The van der Waals surface area contributed by atoms with Gasteiger partial charge in [-0.2, -0.15) is 11.8 Å². The predicted molar refractivity (Wildman–Crippen MR) is 74.9 cm³/mol. The summed E-state index contributed by atoms with van der Waals surface area (Å²) in [5.74, 6) is 3.15. The zero-order chi connectivity index (χ0) is 11.6. The molecule has 1 aromatic rings. The first-order chi connectivity index (χ1) is 7.79. The Labute approximate surface area is 104 Å². The van der Waals surface area contributed by atoms with Crippen LogP contribution in [-0.2, 0) is 5.75 Å². The largest absolute Gasteiger partial charge is 0.316 e. The Morgan fingerprint density at radius 3 is 2.62 bits per heavy atom. The number of hydrogen-bond donors (Lipinski definition) is 1. The summed E-state index contributed by atoms with van der Waals surface area (Å²) in [4.78, 5) is 0. The molecule has 16 heavy (non-hydrogen) atoms. The average Bonchev–Trinajstić information content (AvgIpc) is 2.29. The third kappa shape index (κ3) is 6.91. The van der Waals surface area contributed by atoms with Crippen LogP contribution in [0.2, 0.25) is 0 Å². The zero-order valence-electron chi connectivity index (χ0n) is 10.4. The summed E-state index contributed by atoms with van der Waals surface area (Å²) in [5.41, 5.74) is 1.43. The predicted octanol–water partition coefficient (Wildman–Crippen LogP) is 3.56. The van der Waals surface area contributed by atoms with Crippen molar-refractivity contribution in [3.05, 3.63) is 35.9 Å². The Morgan fingerprint density at radius 2 is 1.94 bits per heavy atom. The van der Waals surface area contributed by atoms with Gasteiger partial charge in [0.25, 0.3) is 0 Å². The van der Waals surface area contributed by atoms with Crippen LogP contribution >= 0.6 is 11.8 Å². The summed E-state index contributed by atoms with van der Waals surface area (Å²) < 4.78 is 0. The molecular weight excluding hydrogens is 214 g/mol. The fourth-order valence-corrected chi connectivity index (χ4v) is 2.38. The minimum absolute atomic E-state index is 0.761. The lowest BCUT2D eigenvalue weighted by Gasteiger charge is -2.06. The molecule has 1 nitrogen and oxygen atoms in total. The maximum absolute atomic E-state index is 3.47. The molecule has 0 spiro atoms. The highest BCUT2D eigenvalue weighted by atomic mass is 32.2. The summed E-state index contributed by atoms with van der Waals surface area (Å²) in [6.45, 7) is 6.79. The molecule has 0 radical (unpaired) electrons. The van der Waals surface area contributed by atoms with Crippen LogP contribution in [-0.4, -0.2) is 18.8 Å². The Balaban J connectivity index is 1.93. The maximum Gasteiger partial charge on any atom is 0.0184 e. The van der Waals surface area contributed by atoms with E-state index in [2.05, 4.69) is 49.5 Å². The molecule has 0 aliphatic heterocycles. The zero-order valence-corrected chi connectivity index (χ0v) is 11.2. The van der Waals surface area contributed by atoms with Gasteiger partial charge in [0.2, 0.25) is 0 Å². The van der Waals surface area contributed by atoms with Crippen LogP contribution in [0.3, 0.4) is 0 Å². The minimum Gasteiger partial charge on any atom is -0.316 e. The molecule has 0 saturated carbocycles. The lowest BCUT2D eigenvalue weighted by Crippen LogP contribution is -2.21. The maximum atomic E-state index is 3.47. The van der Waals surface area contributed by atoms with E-state index < -0.39 is 0 Å². The van der Waals surface area contributed by atoms with Gasteiger partial charge < -0.3 is 5.32 Å². The van der Waals surface area contributed by atoms with E-state index in [4.69, 9.17) is 0 Å². The summed E-state index contributed by atoms with van der Waals surface area (Å²) in [7, 11) is 0. The molecule has 0 aliphatic carbocycles. The molecule has 0 aromatic heterocycles. The second kappa shape index (κ2) is 8.66. The molecule has 0 saturated heterocycles. The number of hydrogen-bond acceptors (Lipinski definition) is 2. The standard InChI is InChI=1S/C14H23NS/c1-13(2)11-15-9-6-10-16-12-14-7-4-3-5-8-14/h3-5,7-8,13,15H,6,9-12H2,1-2H3. The topological polar surface area (TPSA) is 12.0 Å². The van der Waals surface area contributed by atoms with E-state index in [1.807, 2.05) is 11.8 Å². The summed E-state index contributed by atoms with van der Waals surface area (Å²) in [6, 6.07) is 10.7.